The highest BCUT2D eigenvalue weighted by atomic mass is 14.4. The summed E-state index contributed by atoms with van der Waals surface area (Å²) in [6.07, 6.45) is 0. The van der Waals surface area contributed by atoms with Crippen molar-refractivity contribution in [2.75, 3.05) is 0 Å². The van der Waals surface area contributed by atoms with Crippen molar-refractivity contribution in [2.24, 2.45) is 0 Å². The van der Waals surface area contributed by atoms with E-state index in [2.05, 4.69) is 246 Å². The van der Waals surface area contributed by atoms with Gasteiger partial charge in [0.1, 0.15) is 0 Å². The molecular weight excluding hydrogens is 817 g/mol. The molecule has 3 aliphatic rings. The predicted octanol–water partition coefficient (Wildman–Crippen LogP) is 18.6. The average molecular weight is 865 g/mol. The van der Waals surface area contributed by atoms with Gasteiger partial charge in [-0.3, -0.25) is 0 Å². The Bertz CT molecular complexity index is 3910. The first-order chi connectivity index (χ1) is 33.2. The topological polar surface area (TPSA) is 0 Å². The number of hydrogen-bond acceptors (Lipinski definition) is 0. The van der Waals surface area contributed by atoms with E-state index in [1.165, 1.54) is 144 Å². The molecule has 0 aliphatic heterocycles. The van der Waals surface area contributed by atoms with Gasteiger partial charge >= 0.3 is 0 Å². The molecule has 0 nitrogen and oxygen atoms in total. The minimum absolute atomic E-state index is 0.0235. The fourth-order valence-corrected chi connectivity index (χ4v) is 12.6. The van der Waals surface area contributed by atoms with Crippen molar-refractivity contribution in [3.63, 3.8) is 0 Å². The van der Waals surface area contributed by atoms with Gasteiger partial charge in [0.2, 0.25) is 0 Å². The molecule has 320 valence electrons. The first-order valence-electron chi connectivity index (χ1n) is 24.2. The van der Waals surface area contributed by atoms with E-state index in [9.17, 15) is 0 Å². The van der Waals surface area contributed by atoms with Crippen LogP contribution in [0.3, 0.4) is 0 Å². The molecule has 0 aromatic heterocycles. The van der Waals surface area contributed by atoms with Crippen LogP contribution in [0.15, 0.2) is 218 Å². The minimum Gasteiger partial charge on any atom is -0.0622 e. The van der Waals surface area contributed by atoms with E-state index >= 15 is 0 Å². The zero-order chi connectivity index (χ0) is 45.5. The first kappa shape index (κ1) is 39.1. The van der Waals surface area contributed by atoms with Gasteiger partial charge in [0.05, 0.1) is 0 Å². The highest BCUT2D eigenvalue weighted by molar-refractivity contribution is 6.27. The maximum absolute atomic E-state index is 2.46. The number of fused-ring (bicyclic) bond motifs is 10. The molecule has 0 atom stereocenters. The van der Waals surface area contributed by atoms with Gasteiger partial charge in [0.25, 0.3) is 0 Å². The lowest BCUT2D eigenvalue weighted by Gasteiger charge is -2.23. The third-order valence-corrected chi connectivity index (χ3v) is 16.0. The summed E-state index contributed by atoms with van der Waals surface area (Å²) < 4.78 is 0. The molecule has 0 radical (unpaired) electrons. The van der Waals surface area contributed by atoms with E-state index in [-0.39, 0.29) is 10.8 Å². The van der Waals surface area contributed by atoms with Gasteiger partial charge in [-0.25, -0.2) is 0 Å². The summed E-state index contributed by atoms with van der Waals surface area (Å²) in [4.78, 5) is 0. The highest BCUT2D eigenvalue weighted by Gasteiger charge is 2.38. The molecule has 11 aromatic rings. The number of benzene rings is 11. The summed E-state index contributed by atoms with van der Waals surface area (Å²) in [5.41, 5.74) is 28.8. The maximum atomic E-state index is 2.46. The summed E-state index contributed by atoms with van der Waals surface area (Å²) in [5, 5.41) is 5.20. The molecule has 3 aliphatic carbocycles. The van der Waals surface area contributed by atoms with E-state index < -0.39 is 0 Å². The maximum Gasteiger partial charge on any atom is 0.0159 e. The summed E-state index contributed by atoms with van der Waals surface area (Å²) >= 11 is 0. The van der Waals surface area contributed by atoms with Crippen molar-refractivity contribution in [2.45, 2.75) is 38.5 Å². The Labute approximate surface area is 398 Å². The summed E-state index contributed by atoms with van der Waals surface area (Å²) in [7, 11) is 0. The summed E-state index contributed by atoms with van der Waals surface area (Å²) in [5.74, 6) is 0. The van der Waals surface area contributed by atoms with Gasteiger partial charge in [-0.05, 0) is 162 Å². The molecule has 0 unspecified atom stereocenters. The third-order valence-electron chi connectivity index (χ3n) is 16.0. The van der Waals surface area contributed by atoms with Crippen LogP contribution in [0.1, 0.15) is 49.9 Å². The van der Waals surface area contributed by atoms with Crippen molar-refractivity contribution in [3.05, 3.63) is 241 Å². The Kier molecular flexibility index (Phi) is 8.19. The van der Waals surface area contributed by atoms with Crippen molar-refractivity contribution < 1.29 is 0 Å². The van der Waals surface area contributed by atoms with E-state index in [1.54, 1.807) is 0 Å². The van der Waals surface area contributed by atoms with Crippen LogP contribution in [0.2, 0.25) is 0 Å². The van der Waals surface area contributed by atoms with Crippen LogP contribution in [0.4, 0.5) is 0 Å². The number of hydrogen-bond donors (Lipinski definition) is 0. The molecule has 0 amide bonds. The van der Waals surface area contributed by atoms with Gasteiger partial charge < -0.3 is 0 Å². The standard InChI is InChI=1S/C68H48/c1-67(2)58-23-11-10-18-50(58)51-36-33-48(39-59(51)67)49-34-37-53-52-35-32-47(38-60(52)68(3,4)61(53)40-49)43-26-24-41(25-27-43)42-28-30-46(31-29-42)64-55-20-9-8-19-54(55)63(45-14-6-5-7-15-45)65-56-21-12-16-44-17-13-22-57(62(44)56)66(64)65/h5-40H,1-4H3. The Morgan fingerprint density at radius 2 is 0.588 bits per heavy atom. The minimum atomic E-state index is -0.132. The molecule has 0 N–H and O–H groups in total. The lowest BCUT2D eigenvalue weighted by molar-refractivity contribution is 0.659. The second-order valence-electron chi connectivity index (χ2n) is 20.4. The van der Waals surface area contributed by atoms with Crippen LogP contribution < -0.4 is 0 Å². The van der Waals surface area contributed by atoms with Crippen LogP contribution in [-0.4, -0.2) is 0 Å². The van der Waals surface area contributed by atoms with Gasteiger partial charge in [-0.15, -0.1) is 0 Å². The summed E-state index contributed by atoms with van der Waals surface area (Å²) in [6.45, 7) is 9.53. The zero-order valence-electron chi connectivity index (χ0n) is 38.8. The molecule has 0 saturated heterocycles. The van der Waals surface area contributed by atoms with Crippen LogP contribution in [0.5, 0.6) is 0 Å². The van der Waals surface area contributed by atoms with Crippen molar-refractivity contribution >= 4 is 21.5 Å². The van der Waals surface area contributed by atoms with E-state index in [0.29, 0.717) is 0 Å². The SMILES string of the molecule is CC1(C)c2ccccc2-c2ccc(-c3ccc4c(c3)C(C)(C)c3cc(-c5ccc(-c6ccc(-c7c8c(c(-c9ccccc9)c9ccccc79)-c7cccc9cccc-8c79)cc6)cc5)ccc3-4)cc21. The lowest BCUT2D eigenvalue weighted by atomic mass is 9.80. The first-order valence-corrected chi connectivity index (χ1v) is 24.2. The lowest BCUT2D eigenvalue weighted by Crippen LogP contribution is -2.15. The van der Waals surface area contributed by atoms with E-state index in [4.69, 9.17) is 0 Å². The molecule has 0 bridgehead atoms. The zero-order valence-corrected chi connectivity index (χ0v) is 38.8. The molecule has 14 rings (SSSR count). The van der Waals surface area contributed by atoms with Gasteiger partial charge in [0.15, 0.2) is 0 Å². The smallest absolute Gasteiger partial charge is 0.0159 e. The Morgan fingerprint density at radius 3 is 1.10 bits per heavy atom. The van der Waals surface area contributed by atoms with Gasteiger partial charge in [-0.1, -0.05) is 228 Å². The van der Waals surface area contributed by atoms with E-state index in [0.717, 1.165) is 0 Å². The normalized spacial score (nSPS) is 14.1. The molecular formula is C68H48. The molecule has 0 heterocycles. The van der Waals surface area contributed by atoms with Crippen LogP contribution in [0, 0.1) is 0 Å². The monoisotopic (exact) mass is 864 g/mol. The fourth-order valence-electron chi connectivity index (χ4n) is 12.6. The molecule has 68 heavy (non-hydrogen) atoms. The fraction of sp³-hybridized carbons (Fsp3) is 0.0882. The molecule has 11 aromatic carbocycles. The second-order valence-corrected chi connectivity index (χ2v) is 20.4. The molecule has 0 heteroatoms. The molecule has 0 spiro atoms. The Morgan fingerprint density at radius 1 is 0.235 bits per heavy atom. The van der Waals surface area contributed by atoms with Crippen molar-refractivity contribution in [3.8, 4) is 100 Å². The second kappa shape index (κ2) is 14.2. The van der Waals surface area contributed by atoms with Gasteiger partial charge in [0, 0.05) is 10.8 Å². The van der Waals surface area contributed by atoms with Crippen LogP contribution in [0.25, 0.3) is 122 Å². The predicted molar refractivity (Wildman–Crippen MR) is 288 cm³/mol. The molecule has 0 fully saturated rings. The highest BCUT2D eigenvalue weighted by Crippen LogP contribution is 2.58. The average Bonchev–Trinajstić information content (AvgIpc) is 3.92. The van der Waals surface area contributed by atoms with Crippen molar-refractivity contribution in [1.29, 1.82) is 0 Å². The molecule has 0 saturated carbocycles. The Hall–Kier alpha value is -8.06. The number of rotatable bonds is 5. The summed E-state index contributed by atoms with van der Waals surface area (Å²) in [6, 6.07) is 82.3. The largest absolute Gasteiger partial charge is 0.0622 e. The Balaban J connectivity index is 0.787. The van der Waals surface area contributed by atoms with Crippen molar-refractivity contribution in [1.82, 2.24) is 0 Å². The third kappa shape index (κ3) is 5.49. The van der Waals surface area contributed by atoms with E-state index in [1.807, 2.05) is 0 Å². The van der Waals surface area contributed by atoms with Gasteiger partial charge in [-0.2, -0.15) is 0 Å². The van der Waals surface area contributed by atoms with Crippen LogP contribution >= 0.6 is 0 Å². The van der Waals surface area contributed by atoms with Crippen LogP contribution in [-0.2, 0) is 10.8 Å². The quantitative estimate of drug-likeness (QED) is 0.162.